The van der Waals surface area contributed by atoms with E-state index in [1.165, 1.54) is 44.9 Å². The fourth-order valence-corrected chi connectivity index (χ4v) is 2.64. The van der Waals surface area contributed by atoms with E-state index in [2.05, 4.69) is 0 Å². The van der Waals surface area contributed by atoms with Crippen molar-refractivity contribution in [1.82, 2.24) is 0 Å². The molecular weight excluding hydrogens is 134 g/mol. The molecule has 2 aliphatic carbocycles. The van der Waals surface area contributed by atoms with Crippen LogP contribution in [0, 0.1) is 11.8 Å². The summed E-state index contributed by atoms with van der Waals surface area (Å²) in [6, 6.07) is 0.550. The fraction of sp³-hybridized carbons (Fsp3) is 1.00. The topological polar surface area (TPSA) is 26.0 Å². The Morgan fingerprint density at radius 1 is 0.818 bits per heavy atom. The first-order valence-corrected chi connectivity index (χ1v) is 5.13. The molecule has 0 heterocycles. The van der Waals surface area contributed by atoms with Crippen molar-refractivity contribution < 1.29 is 0 Å². The van der Waals surface area contributed by atoms with Gasteiger partial charge in [-0.05, 0) is 24.7 Å². The zero-order chi connectivity index (χ0) is 7.68. The van der Waals surface area contributed by atoms with Gasteiger partial charge in [-0.2, -0.15) is 0 Å². The molecule has 0 aromatic carbocycles. The molecule has 2 saturated carbocycles. The van der Waals surface area contributed by atoms with Crippen molar-refractivity contribution in [3.63, 3.8) is 0 Å². The minimum Gasteiger partial charge on any atom is -0.327 e. The van der Waals surface area contributed by atoms with Gasteiger partial charge in [0.2, 0.25) is 0 Å². The van der Waals surface area contributed by atoms with Crippen molar-refractivity contribution >= 4 is 0 Å². The van der Waals surface area contributed by atoms with Gasteiger partial charge in [0.25, 0.3) is 0 Å². The van der Waals surface area contributed by atoms with Crippen LogP contribution in [-0.2, 0) is 0 Å². The van der Waals surface area contributed by atoms with E-state index < -0.39 is 0 Å². The first kappa shape index (κ1) is 7.60. The molecule has 0 unspecified atom stereocenters. The Bertz CT molecular complexity index is 127. The van der Waals surface area contributed by atoms with E-state index in [4.69, 9.17) is 5.73 Å². The van der Waals surface area contributed by atoms with Gasteiger partial charge >= 0.3 is 0 Å². The van der Waals surface area contributed by atoms with Gasteiger partial charge in [-0.25, -0.2) is 0 Å². The molecule has 2 N–H and O–H groups in total. The van der Waals surface area contributed by atoms with Gasteiger partial charge in [0, 0.05) is 6.04 Å². The third kappa shape index (κ3) is 1.44. The van der Waals surface area contributed by atoms with E-state index in [0.29, 0.717) is 6.04 Å². The Balaban J connectivity index is 1.88. The predicted molar refractivity (Wildman–Crippen MR) is 47.3 cm³/mol. The normalized spacial score (nSPS) is 40.1. The molecule has 0 saturated heterocycles. The van der Waals surface area contributed by atoms with Crippen molar-refractivity contribution in [3.05, 3.63) is 0 Å². The summed E-state index contributed by atoms with van der Waals surface area (Å²) in [6.07, 6.45) is 9.94. The van der Waals surface area contributed by atoms with Crippen LogP contribution in [-0.4, -0.2) is 6.04 Å². The molecular formula is C10H19N. The molecule has 0 amide bonds. The molecule has 1 nitrogen and oxygen atoms in total. The fourth-order valence-electron chi connectivity index (χ4n) is 2.64. The van der Waals surface area contributed by atoms with E-state index in [9.17, 15) is 0 Å². The minimum atomic E-state index is 0.550. The Hall–Kier alpha value is -0.0400. The summed E-state index contributed by atoms with van der Waals surface area (Å²) in [5.41, 5.74) is 6.09. The third-order valence-corrected chi connectivity index (χ3v) is 3.63. The molecule has 2 rings (SSSR count). The summed E-state index contributed by atoms with van der Waals surface area (Å²) in [4.78, 5) is 0. The summed E-state index contributed by atoms with van der Waals surface area (Å²) in [5, 5.41) is 0. The maximum atomic E-state index is 6.09. The van der Waals surface area contributed by atoms with E-state index in [1.54, 1.807) is 0 Å². The van der Waals surface area contributed by atoms with Gasteiger partial charge in [0.1, 0.15) is 0 Å². The Kier molecular flexibility index (Phi) is 2.17. The number of nitrogens with two attached hydrogens (primary N) is 1. The van der Waals surface area contributed by atoms with Crippen LogP contribution < -0.4 is 5.73 Å². The lowest BCUT2D eigenvalue weighted by molar-refractivity contribution is 0.140. The molecule has 0 bridgehead atoms. The molecule has 2 aliphatic rings. The highest BCUT2D eigenvalue weighted by Gasteiger charge is 2.32. The van der Waals surface area contributed by atoms with E-state index in [1.807, 2.05) is 0 Å². The van der Waals surface area contributed by atoms with Crippen molar-refractivity contribution in [2.45, 2.75) is 51.0 Å². The van der Waals surface area contributed by atoms with Crippen molar-refractivity contribution in [2.75, 3.05) is 0 Å². The van der Waals surface area contributed by atoms with Crippen LogP contribution in [0.1, 0.15) is 44.9 Å². The van der Waals surface area contributed by atoms with Gasteiger partial charge in [0.15, 0.2) is 0 Å². The largest absolute Gasteiger partial charge is 0.327 e. The highest BCUT2D eigenvalue weighted by molar-refractivity contribution is 4.86. The Morgan fingerprint density at radius 3 is 2.09 bits per heavy atom. The molecule has 2 fully saturated rings. The molecule has 0 radical (unpaired) electrons. The summed E-state index contributed by atoms with van der Waals surface area (Å²) in [7, 11) is 0. The van der Waals surface area contributed by atoms with E-state index >= 15 is 0 Å². The van der Waals surface area contributed by atoms with E-state index in [0.717, 1.165) is 11.8 Å². The molecule has 0 aliphatic heterocycles. The second kappa shape index (κ2) is 3.14. The lowest BCUT2D eigenvalue weighted by Gasteiger charge is -2.39. The van der Waals surface area contributed by atoms with Crippen LogP contribution in [0.3, 0.4) is 0 Å². The van der Waals surface area contributed by atoms with Crippen LogP contribution in [0.2, 0.25) is 0 Å². The highest BCUT2D eigenvalue weighted by atomic mass is 14.7. The number of hydrogen-bond acceptors (Lipinski definition) is 1. The summed E-state index contributed by atoms with van der Waals surface area (Å²) >= 11 is 0. The molecule has 2 atom stereocenters. The van der Waals surface area contributed by atoms with Crippen LogP contribution in [0.25, 0.3) is 0 Å². The smallest absolute Gasteiger partial charge is 0.00698 e. The van der Waals surface area contributed by atoms with E-state index in [-0.39, 0.29) is 0 Å². The molecule has 1 heteroatoms. The SMILES string of the molecule is N[C@H]1CCCC[C@H]1C1CCC1. The maximum Gasteiger partial charge on any atom is 0.00698 e. The zero-order valence-corrected chi connectivity index (χ0v) is 7.26. The first-order valence-electron chi connectivity index (χ1n) is 5.13. The van der Waals surface area contributed by atoms with Gasteiger partial charge in [-0.3, -0.25) is 0 Å². The maximum absolute atomic E-state index is 6.09. The van der Waals surface area contributed by atoms with Crippen molar-refractivity contribution in [3.8, 4) is 0 Å². The molecule has 0 aromatic heterocycles. The number of rotatable bonds is 1. The van der Waals surface area contributed by atoms with Crippen LogP contribution in [0.5, 0.6) is 0 Å². The standard InChI is InChI=1S/C10H19N/c11-10-7-2-1-6-9(10)8-4-3-5-8/h8-10H,1-7,11H2/t9-,10-/m0/s1. The molecule has 11 heavy (non-hydrogen) atoms. The average Bonchev–Trinajstić information content (AvgIpc) is 1.90. The van der Waals surface area contributed by atoms with Crippen molar-refractivity contribution in [2.24, 2.45) is 17.6 Å². The van der Waals surface area contributed by atoms with Crippen LogP contribution in [0.4, 0.5) is 0 Å². The van der Waals surface area contributed by atoms with Gasteiger partial charge in [-0.15, -0.1) is 0 Å². The van der Waals surface area contributed by atoms with Gasteiger partial charge < -0.3 is 5.73 Å². The van der Waals surface area contributed by atoms with Crippen LogP contribution in [0.15, 0.2) is 0 Å². The van der Waals surface area contributed by atoms with Crippen LogP contribution >= 0.6 is 0 Å². The highest BCUT2D eigenvalue weighted by Crippen LogP contribution is 2.40. The second-order valence-electron chi connectivity index (χ2n) is 4.30. The quantitative estimate of drug-likeness (QED) is 0.614. The third-order valence-electron chi connectivity index (χ3n) is 3.63. The monoisotopic (exact) mass is 153 g/mol. The molecule has 0 spiro atoms. The predicted octanol–water partition coefficient (Wildman–Crippen LogP) is 2.30. The second-order valence-corrected chi connectivity index (χ2v) is 4.30. The zero-order valence-electron chi connectivity index (χ0n) is 7.26. The molecule has 0 aromatic rings. The lowest BCUT2D eigenvalue weighted by atomic mass is 9.68. The summed E-state index contributed by atoms with van der Waals surface area (Å²) < 4.78 is 0. The first-order chi connectivity index (χ1) is 5.38. The number of hydrogen-bond donors (Lipinski definition) is 1. The molecule has 64 valence electrons. The van der Waals surface area contributed by atoms with Gasteiger partial charge in [0.05, 0.1) is 0 Å². The minimum absolute atomic E-state index is 0.550. The summed E-state index contributed by atoms with van der Waals surface area (Å²) in [6.45, 7) is 0. The Labute approximate surface area is 69.4 Å². The average molecular weight is 153 g/mol. The lowest BCUT2D eigenvalue weighted by Crippen LogP contribution is -2.39. The summed E-state index contributed by atoms with van der Waals surface area (Å²) in [5.74, 6) is 1.92. The van der Waals surface area contributed by atoms with Gasteiger partial charge in [-0.1, -0.05) is 32.1 Å². The Morgan fingerprint density at radius 2 is 1.55 bits per heavy atom. The van der Waals surface area contributed by atoms with Crippen molar-refractivity contribution in [1.29, 1.82) is 0 Å².